The molecule has 0 aromatic rings. The third-order valence-electron chi connectivity index (χ3n) is 0. The van der Waals surface area contributed by atoms with Crippen molar-refractivity contribution in [1.29, 1.82) is 0 Å². The maximum atomic E-state index is 8.50. The molecule has 0 saturated carbocycles. The number of halogens is 2. The molecule has 0 heterocycles. The van der Waals surface area contributed by atoms with E-state index in [2.05, 4.69) is 0 Å². The van der Waals surface area contributed by atoms with Crippen molar-refractivity contribution in [3.63, 3.8) is 0 Å². The van der Waals surface area contributed by atoms with E-state index in [-0.39, 0.29) is 9.41 Å². The van der Waals surface area contributed by atoms with E-state index in [1.807, 2.05) is 0 Å². The van der Waals surface area contributed by atoms with Crippen molar-refractivity contribution < 1.29 is 34.7 Å². The summed E-state index contributed by atoms with van der Waals surface area (Å²) in [6.07, 6.45) is 0. The topological polar surface area (TPSA) is 34.1 Å². The van der Waals surface area contributed by atoms with Crippen LogP contribution in [0.4, 0.5) is 0 Å². The Balaban J connectivity index is -0.0000000200. The van der Waals surface area contributed by atoms with E-state index >= 15 is 0 Å². The molecule has 0 unspecified atom stereocenters. The first-order chi connectivity index (χ1) is 1.41. The van der Waals surface area contributed by atoms with Gasteiger partial charge in [-0.2, -0.15) is 0 Å². The fourth-order valence-electron chi connectivity index (χ4n) is 0. The molecule has 0 aliphatic heterocycles. The standard InChI is InChI=1S/2FH.Mo.2O/h2*1H;;;/q;;+2;;/p-2. The van der Waals surface area contributed by atoms with Crippen molar-refractivity contribution in [3.8, 4) is 0 Å². The van der Waals surface area contributed by atoms with Crippen molar-refractivity contribution in [1.82, 2.24) is 0 Å². The average molecular weight is 166 g/mol. The Morgan fingerprint density at radius 1 is 1.00 bits per heavy atom. The van der Waals surface area contributed by atoms with Gasteiger partial charge in [-0.1, -0.05) is 0 Å². The Bertz CT molecular complexity index is 28.6. The summed E-state index contributed by atoms with van der Waals surface area (Å²) in [5.74, 6) is 0. The molecule has 0 radical (unpaired) electrons. The van der Waals surface area contributed by atoms with Gasteiger partial charge in [-0.3, -0.25) is 0 Å². The zero-order valence-electron chi connectivity index (χ0n) is 1.98. The maximum absolute atomic E-state index is 8.50. The van der Waals surface area contributed by atoms with Crippen molar-refractivity contribution in [2.45, 2.75) is 0 Å². The Hall–Kier alpha value is 0.148. The molecule has 0 aliphatic carbocycles. The molecule has 0 bridgehead atoms. The molecule has 0 fully saturated rings. The molecule has 0 spiro atoms. The SMILES string of the molecule is [F-].[F-].[O]=[Mo+2]=[O]. The third-order valence-corrected chi connectivity index (χ3v) is 0. The van der Waals surface area contributed by atoms with Gasteiger partial charge >= 0.3 is 25.3 Å². The van der Waals surface area contributed by atoms with Crippen LogP contribution in [0.25, 0.3) is 0 Å². The van der Waals surface area contributed by atoms with Crippen LogP contribution in [-0.2, 0) is 25.3 Å². The zero-order chi connectivity index (χ0) is 2.71. The predicted octanol–water partition coefficient (Wildman–Crippen LogP) is -6.23. The molecule has 0 aromatic heterocycles. The van der Waals surface area contributed by atoms with Crippen molar-refractivity contribution >= 4 is 0 Å². The molecule has 32 valence electrons. The van der Waals surface area contributed by atoms with E-state index < -0.39 is 18.5 Å². The summed E-state index contributed by atoms with van der Waals surface area (Å²) in [5.41, 5.74) is 0. The number of hydrogen-bond acceptors (Lipinski definition) is 2. The second kappa shape index (κ2) is 31.2. The van der Waals surface area contributed by atoms with Gasteiger partial charge in [0.05, 0.1) is 0 Å². The first-order valence-corrected chi connectivity index (χ1v) is 1.97. The molecule has 0 aliphatic rings. The van der Waals surface area contributed by atoms with Gasteiger partial charge in [0, 0.05) is 0 Å². The van der Waals surface area contributed by atoms with Crippen molar-refractivity contribution in [2.75, 3.05) is 0 Å². The van der Waals surface area contributed by atoms with Crippen LogP contribution in [0.2, 0.25) is 0 Å². The summed E-state index contributed by atoms with van der Waals surface area (Å²) in [4.78, 5) is 0. The van der Waals surface area contributed by atoms with Crippen LogP contribution in [0.3, 0.4) is 0 Å². The molecule has 0 aromatic carbocycles. The zero-order valence-corrected chi connectivity index (χ0v) is 3.99. The quantitative estimate of drug-likeness (QED) is 0.335. The van der Waals surface area contributed by atoms with Crippen molar-refractivity contribution in [2.24, 2.45) is 0 Å². The van der Waals surface area contributed by atoms with Gasteiger partial charge in [0.2, 0.25) is 0 Å². The summed E-state index contributed by atoms with van der Waals surface area (Å²) >= 11 is -2.03. The Morgan fingerprint density at radius 2 is 1.00 bits per heavy atom. The van der Waals surface area contributed by atoms with E-state index in [0.29, 0.717) is 0 Å². The van der Waals surface area contributed by atoms with E-state index in [1.165, 1.54) is 0 Å². The minimum absolute atomic E-state index is 0. The number of rotatable bonds is 0. The average Bonchev–Trinajstić information content (AvgIpc) is 0.918. The summed E-state index contributed by atoms with van der Waals surface area (Å²) < 4.78 is 17.0. The van der Waals surface area contributed by atoms with E-state index in [9.17, 15) is 0 Å². The second-order valence-corrected chi connectivity index (χ2v) is 0.403. The van der Waals surface area contributed by atoms with Gasteiger partial charge in [0.1, 0.15) is 0 Å². The first-order valence-electron chi connectivity index (χ1n) is 0.333. The summed E-state index contributed by atoms with van der Waals surface area (Å²) in [5, 5.41) is 0. The van der Waals surface area contributed by atoms with E-state index in [1.54, 1.807) is 0 Å². The summed E-state index contributed by atoms with van der Waals surface area (Å²) in [7, 11) is 0. The molecule has 0 N–H and O–H groups in total. The first kappa shape index (κ1) is 19.2. The van der Waals surface area contributed by atoms with Crippen LogP contribution in [0.5, 0.6) is 0 Å². The fraction of sp³-hybridized carbons (Fsp3) is 0. The predicted molar refractivity (Wildman–Crippen MR) is 1.37 cm³/mol. The number of hydrogen-bond donors (Lipinski definition) is 0. The van der Waals surface area contributed by atoms with E-state index in [0.717, 1.165) is 0 Å². The van der Waals surface area contributed by atoms with Crippen LogP contribution >= 0.6 is 0 Å². The molecular weight excluding hydrogens is 166 g/mol. The molecule has 0 atom stereocenters. The normalized spacial score (nSPS) is 1.60. The molecule has 5 heteroatoms. The van der Waals surface area contributed by atoms with Crippen LogP contribution in [0, 0.1) is 0 Å². The Labute approximate surface area is 35.4 Å². The fourth-order valence-corrected chi connectivity index (χ4v) is 0. The van der Waals surface area contributed by atoms with Crippen molar-refractivity contribution in [3.05, 3.63) is 0 Å². The Morgan fingerprint density at radius 3 is 1.00 bits per heavy atom. The molecule has 0 rings (SSSR count). The van der Waals surface area contributed by atoms with Gasteiger partial charge in [-0.05, 0) is 0 Å². The molecule has 5 heavy (non-hydrogen) atoms. The van der Waals surface area contributed by atoms with Gasteiger partial charge in [-0.15, -0.1) is 0 Å². The van der Waals surface area contributed by atoms with Crippen LogP contribution in [-0.4, -0.2) is 0 Å². The summed E-state index contributed by atoms with van der Waals surface area (Å²) in [6, 6.07) is 0. The molecule has 0 saturated heterocycles. The summed E-state index contributed by atoms with van der Waals surface area (Å²) in [6.45, 7) is 0. The second-order valence-electron chi connectivity index (χ2n) is 0.0680. The van der Waals surface area contributed by atoms with Crippen LogP contribution in [0.1, 0.15) is 0 Å². The monoisotopic (exact) mass is 168 g/mol. The molecule has 2 nitrogen and oxygen atoms in total. The van der Waals surface area contributed by atoms with E-state index in [4.69, 9.17) is 6.80 Å². The van der Waals surface area contributed by atoms with Gasteiger partial charge in [-0.25, -0.2) is 0 Å². The van der Waals surface area contributed by atoms with Gasteiger partial charge < -0.3 is 9.41 Å². The molecular formula is F2MoO2. The molecule has 0 amide bonds. The van der Waals surface area contributed by atoms with Gasteiger partial charge in [0.25, 0.3) is 0 Å². The van der Waals surface area contributed by atoms with Crippen LogP contribution in [0.15, 0.2) is 0 Å². The minimum atomic E-state index is -2.03. The van der Waals surface area contributed by atoms with Crippen LogP contribution < -0.4 is 9.41 Å². The Kier molecular flexibility index (Phi) is 120. The third kappa shape index (κ3) is 870. The van der Waals surface area contributed by atoms with Gasteiger partial charge in [0.15, 0.2) is 0 Å².